The predicted octanol–water partition coefficient (Wildman–Crippen LogP) is 3.38. The summed E-state index contributed by atoms with van der Waals surface area (Å²) in [6.07, 6.45) is 2.62. The van der Waals surface area contributed by atoms with Gasteiger partial charge in [0.05, 0.1) is 0 Å². The quantitative estimate of drug-likeness (QED) is 0.782. The summed E-state index contributed by atoms with van der Waals surface area (Å²) in [6.45, 7) is 17.7. The molecule has 18 heavy (non-hydrogen) atoms. The summed E-state index contributed by atoms with van der Waals surface area (Å²) in [5.41, 5.74) is 0. The topological polar surface area (TPSA) is 15.3 Å². The minimum atomic E-state index is 0.678. The number of rotatable bonds is 6. The lowest BCUT2D eigenvalue weighted by molar-refractivity contribution is 0.0849. The number of piperazine rings is 1. The molecule has 3 unspecified atom stereocenters. The Morgan fingerprint density at radius 2 is 1.83 bits per heavy atom. The highest BCUT2D eigenvalue weighted by atomic mass is 15.2. The van der Waals surface area contributed by atoms with Crippen molar-refractivity contribution in [2.75, 3.05) is 19.6 Å². The maximum absolute atomic E-state index is 3.75. The number of hydrogen-bond acceptors (Lipinski definition) is 2. The van der Waals surface area contributed by atoms with Crippen molar-refractivity contribution in [2.45, 2.75) is 66.5 Å². The molecular weight excluding hydrogens is 220 g/mol. The van der Waals surface area contributed by atoms with Gasteiger partial charge in [0.15, 0.2) is 0 Å². The van der Waals surface area contributed by atoms with E-state index in [4.69, 9.17) is 0 Å². The summed E-state index contributed by atoms with van der Waals surface area (Å²) in [5, 5.41) is 3.75. The van der Waals surface area contributed by atoms with Gasteiger partial charge in [0.25, 0.3) is 0 Å². The van der Waals surface area contributed by atoms with Gasteiger partial charge in [-0.2, -0.15) is 0 Å². The van der Waals surface area contributed by atoms with Gasteiger partial charge in [-0.3, -0.25) is 4.90 Å². The molecule has 1 saturated heterocycles. The van der Waals surface area contributed by atoms with E-state index < -0.39 is 0 Å². The van der Waals surface area contributed by atoms with Crippen LogP contribution in [0, 0.1) is 17.8 Å². The molecule has 1 rings (SSSR count). The van der Waals surface area contributed by atoms with E-state index >= 15 is 0 Å². The third-order valence-corrected chi connectivity index (χ3v) is 4.35. The van der Waals surface area contributed by atoms with E-state index in [0.29, 0.717) is 6.04 Å². The molecule has 0 bridgehead atoms. The van der Waals surface area contributed by atoms with Crippen LogP contribution < -0.4 is 5.32 Å². The smallest absolute Gasteiger partial charge is 0.0223 e. The molecule has 1 heterocycles. The van der Waals surface area contributed by atoms with Crippen LogP contribution in [0.3, 0.4) is 0 Å². The Kier molecular flexibility index (Phi) is 6.65. The monoisotopic (exact) mass is 254 g/mol. The van der Waals surface area contributed by atoms with Gasteiger partial charge in [-0.25, -0.2) is 0 Å². The van der Waals surface area contributed by atoms with Gasteiger partial charge in [0.1, 0.15) is 0 Å². The van der Waals surface area contributed by atoms with Gasteiger partial charge in [0.2, 0.25) is 0 Å². The summed E-state index contributed by atoms with van der Waals surface area (Å²) in [6, 6.07) is 1.42. The van der Waals surface area contributed by atoms with Crippen LogP contribution in [0.25, 0.3) is 0 Å². The van der Waals surface area contributed by atoms with Crippen LogP contribution in [0.15, 0.2) is 0 Å². The maximum Gasteiger partial charge on any atom is 0.0223 e. The van der Waals surface area contributed by atoms with Gasteiger partial charge in [0, 0.05) is 31.7 Å². The Labute approximate surface area is 115 Å². The summed E-state index contributed by atoms with van der Waals surface area (Å²) >= 11 is 0. The molecule has 0 aromatic carbocycles. The third-order valence-electron chi connectivity index (χ3n) is 4.35. The van der Waals surface area contributed by atoms with Crippen molar-refractivity contribution < 1.29 is 0 Å². The molecule has 2 nitrogen and oxygen atoms in total. The number of nitrogens with zero attached hydrogens (tertiary/aromatic N) is 1. The minimum absolute atomic E-state index is 0.678. The average molecular weight is 254 g/mol. The van der Waals surface area contributed by atoms with Crippen LogP contribution in [0.5, 0.6) is 0 Å². The molecular formula is C16H34N2. The molecule has 0 aromatic heterocycles. The van der Waals surface area contributed by atoms with Gasteiger partial charge in [-0.05, 0) is 24.2 Å². The summed E-state index contributed by atoms with van der Waals surface area (Å²) in [4.78, 5) is 2.76. The second-order valence-corrected chi connectivity index (χ2v) is 7.01. The highest BCUT2D eigenvalue weighted by Gasteiger charge is 2.29. The van der Waals surface area contributed by atoms with E-state index in [-0.39, 0.29) is 0 Å². The van der Waals surface area contributed by atoms with Crippen molar-refractivity contribution in [3.05, 3.63) is 0 Å². The maximum atomic E-state index is 3.75. The fraction of sp³-hybridized carbons (Fsp3) is 1.00. The molecule has 1 aliphatic heterocycles. The van der Waals surface area contributed by atoms with Crippen molar-refractivity contribution in [3.63, 3.8) is 0 Å². The highest BCUT2D eigenvalue weighted by Crippen LogP contribution is 2.20. The molecule has 0 radical (unpaired) electrons. The van der Waals surface area contributed by atoms with Crippen LogP contribution in [-0.4, -0.2) is 36.6 Å². The first kappa shape index (κ1) is 16.0. The zero-order valence-electron chi connectivity index (χ0n) is 13.4. The lowest BCUT2D eigenvalue weighted by Crippen LogP contribution is -2.59. The van der Waals surface area contributed by atoms with Crippen LogP contribution in [-0.2, 0) is 0 Å². The zero-order chi connectivity index (χ0) is 13.7. The standard InChI is InChI=1S/C16H34N2/c1-7-14(6)10-18-11-16(13(4)5)17-9-15(18)8-12(2)3/h12-17H,7-11H2,1-6H3. The van der Waals surface area contributed by atoms with E-state index in [1.165, 1.54) is 32.5 Å². The van der Waals surface area contributed by atoms with Gasteiger partial charge in [-0.15, -0.1) is 0 Å². The lowest BCUT2D eigenvalue weighted by Gasteiger charge is -2.43. The zero-order valence-corrected chi connectivity index (χ0v) is 13.4. The number of hydrogen-bond donors (Lipinski definition) is 1. The molecule has 0 saturated carbocycles. The Morgan fingerprint density at radius 3 is 2.33 bits per heavy atom. The summed E-state index contributed by atoms with van der Waals surface area (Å²) in [7, 11) is 0. The van der Waals surface area contributed by atoms with E-state index in [1.54, 1.807) is 0 Å². The van der Waals surface area contributed by atoms with Crippen LogP contribution in [0.1, 0.15) is 54.4 Å². The van der Waals surface area contributed by atoms with Crippen molar-refractivity contribution in [1.82, 2.24) is 10.2 Å². The van der Waals surface area contributed by atoms with Crippen molar-refractivity contribution in [1.29, 1.82) is 0 Å². The molecule has 108 valence electrons. The van der Waals surface area contributed by atoms with Crippen molar-refractivity contribution in [3.8, 4) is 0 Å². The Morgan fingerprint density at radius 1 is 1.17 bits per heavy atom. The Hall–Kier alpha value is -0.0800. The molecule has 0 aliphatic carbocycles. The summed E-state index contributed by atoms with van der Waals surface area (Å²) in [5.74, 6) is 2.36. The molecule has 0 aromatic rings. The lowest BCUT2D eigenvalue weighted by atomic mass is 9.94. The van der Waals surface area contributed by atoms with Crippen molar-refractivity contribution in [2.24, 2.45) is 17.8 Å². The first-order chi connectivity index (χ1) is 8.43. The SMILES string of the molecule is CCC(C)CN1CC(C(C)C)NCC1CC(C)C. The van der Waals surface area contributed by atoms with Gasteiger partial charge in [-0.1, -0.05) is 48.0 Å². The van der Waals surface area contributed by atoms with Crippen LogP contribution >= 0.6 is 0 Å². The minimum Gasteiger partial charge on any atom is -0.311 e. The van der Waals surface area contributed by atoms with E-state index in [2.05, 4.69) is 51.8 Å². The molecule has 0 amide bonds. The fourth-order valence-electron chi connectivity index (χ4n) is 2.86. The van der Waals surface area contributed by atoms with Crippen molar-refractivity contribution >= 4 is 0 Å². The third kappa shape index (κ3) is 4.89. The molecule has 3 atom stereocenters. The van der Waals surface area contributed by atoms with Gasteiger partial charge >= 0.3 is 0 Å². The molecule has 1 aliphatic rings. The Balaban J connectivity index is 2.60. The predicted molar refractivity (Wildman–Crippen MR) is 80.9 cm³/mol. The van der Waals surface area contributed by atoms with E-state index in [1.807, 2.05) is 0 Å². The fourth-order valence-corrected chi connectivity index (χ4v) is 2.86. The normalized spacial score (nSPS) is 28.0. The first-order valence-corrected chi connectivity index (χ1v) is 7.91. The second-order valence-electron chi connectivity index (χ2n) is 7.01. The molecule has 0 spiro atoms. The first-order valence-electron chi connectivity index (χ1n) is 7.91. The second kappa shape index (κ2) is 7.49. The average Bonchev–Trinajstić information content (AvgIpc) is 2.30. The van der Waals surface area contributed by atoms with E-state index in [0.717, 1.165) is 23.8 Å². The molecule has 1 N–H and O–H groups in total. The van der Waals surface area contributed by atoms with Crippen LogP contribution in [0.4, 0.5) is 0 Å². The molecule has 2 heteroatoms. The Bertz CT molecular complexity index is 225. The van der Waals surface area contributed by atoms with Crippen LogP contribution in [0.2, 0.25) is 0 Å². The molecule has 1 fully saturated rings. The summed E-state index contributed by atoms with van der Waals surface area (Å²) < 4.78 is 0. The van der Waals surface area contributed by atoms with E-state index in [9.17, 15) is 0 Å². The van der Waals surface area contributed by atoms with Gasteiger partial charge < -0.3 is 5.32 Å². The largest absolute Gasteiger partial charge is 0.311 e. The number of nitrogens with one attached hydrogen (secondary N) is 1. The highest BCUT2D eigenvalue weighted by molar-refractivity contribution is 4.88.